The zero-order valence-electron chi connectivity index (χ0n) is 19.7. The van der Waals surface area contributed by atoms with Gasteiger partial charge in [-0.2, -0.15) is 0 Å². The number of benzene rings is 1. The van der Waals surface area contributed by atoms with Crippen molar-refractivity contribution in [3.8, 4) is 5.75 Å². The molecule has 1 aromatic carbocycles. The third kappa shape index (κ3) is 4.49. The molecular formula is C25H34N6O2. The van der Waals surface area contributed by atoms with Crippen molar-refractivity contribution in [3.63, 3.8) is 0 Å². The van der Waals surface area contributed by atoms with Crippen LogP contribution in [0.25, 0.3) is 0 Å². The Morgan fingerprint density at radius 2 is 1.61 bits per heavy atom. The van der Waals surface area contributed by atoms with Crippen molar-refractivity contribution in [2.45, 2.75) is 44.7 Å². The zero-order valence-corrected chi connectivity index (χ0v) is 19.7. The summed E-state index contributed by atoms with van der Waals surface area (Å²) < 4.78 is 5.29. The van der Waals surface area contributed by atoms with Crippen LogP contribution < -0.4 is 19.4 Å². The van der Waals surface area contributed by atoms with Gasteiger partial charge in [0.1, 0.15) is 23.7 Å². The first-order chi connectivity index (χ1) is 16.1. The SMILES string of the molecule is COc1ccc(N2Cc3c(ncnc3N3CCC(N4CCCCC4)CC3)N(C)CC2=O)cc1. The highest BCUT2D eigenvalue weighted by Crippen LogP contribution is 2.34. The number of likely N-dealkylation sites (N-methyl/N-ethyl adjacent to an activating group) is 1. The van der Waals surface area contributed by atoms with E-state index in [-0.39, 0.29) is 12.5 Å². The van der Waals surface area contributed by atoms with Crippen molar-refractivity contribution < 1.29 is 9.53 Å². The van der Waals surface area contributed by atoms with Crippen molar-refractivity contribution in [2.75, 3.05) is 61.6 Å². The van der Waals surface area contributed by atoms with Crippen LogP contribution >= 0.6 is 0 Å². The van der Waals surface area contributed by atoms with E-state index in [1.807, 2.05) is 41.1 Å². The number of hydrogen-bond acceptors (Lipinski definition) is 7. The molecule has 2 fully saturated rings. The van der Waals surface area contributed by atoms with Crippen LogP contribution in [0.2, 0.25) is 0 Å². The highest BCUT2D eigenvalue weighted by atomic mass is 16.5. The topological polar surface area (TPSA) is 65.0 Å². The normalized spacial score (nSPS) is 20.5. The molecule has 176 valence electrons. The molecule has 3 aliphatic rings. The number of carbonyl (C=O) groups excluding carboxylic acids is 1. The average molecular weight is 451 g/mol. The smallest absolute Gasteiger partial charge is 0.246 e. The van der Waals surface area contributed by atoms with Gasteiger partial charge in [0.25, 0.3) is 0 Å². The lowest BCUT2D eigenvalue weighted by Gasteiger charge is -2.41. The molecule has 2 aromatic rings. The Morgan fingerprint density at radius 3 is 2.30 bits per heavy atom. The van der Waals surface area contributed by atoms with E-state index in [1.165, 1.54) is 32.4 Å². The molecule has 33 heavy (non-hydrogen) atoms. The summed E-state index contributed by atoms with van der Waals surface area (Å²) >= 11 is 0. The number of hydrogen-bond donors (Lipinski definition) is 0. The number of rotatable bonds is 4. The maximum Gasteiger partial charge on any atom is 0.246 e. The molecule has 0 atom stereocenters. The van der Waals surface area contributed by atoms with E-state index >= 15 is 0 Å². The monoisotopic (exact) mass is 450 g/mol. The van der Waals surface area contributed by atoms with Gasteiger partial charge in [0, 0.05) is 31.9 Å². The first-order valence-electron chi connectivity index (χ1n) is 12.1. The summed E-state index contributed by atoms with van der Waals surface area (Å²) in [5, 5.41) is 0. The molecule has 0 radical (unpaired) electrons. The number of carbonyl (C=O) groups is 1. The predicted octanol–water partition coefficient (Wildman–Crippen LogP) is 2.92. The first-order valence-corrected chi connectivity index (χ1v) is 12.1. The van der Waals surface area contributed by atoms with Crippen LogP contribution in [-0.4, -0.2) is 73.7 Å². The van der Waals surface area contributed by atoms with Gasteiger partial charge in [-0.1, -0.05) is 6.42 Å². The Kier molecular flexibility index (Phi) is 6.35. The molecule has 0 unspecified atom stereocenters. The number of nitrogens with zero attached hydrogens (tertiary/aromatic N) is 6. The maximum absolute atomic E-state index is 13.1. The molecule has 2 saturated heterocycles. The second-order valence-corrected chi connectivity index (χ2v) is 9.35. The molecule has 3 aliphatic heterocycles. The summed E-state index contributed by atoms with van der Waals surface area (Å²) in [6.45, 7) is 5.23. The summed E-state index contributed by atoms with van der Waals surface area (Å²) in [5.74, 6) is 2.65. The van der Waals surface area contributed by atoms with Crippen LogP contribution in [0.15, 0.2) is 30.6 Å². The lowest BCUT2D eigenvalue weighted by molar-refractivity contribution is -0.117. The average Bonchev–Trinajstić information content (AvgIpc) is 3.00. The van der Waals surface area contributed by atoms with E-state index < -0.39 is 0 Å². The summed E-state index contributed by atoms with van der Waals surface area (Å²) in [7, 11) is 3.59. The van der Waals surface area contributed by atoms with Crippen LogP contribution in [0.4, 0.5) is 17.3 Å². The van der Waals surface area contributed by atoms with E-state index in [9.17, 15) is 4.79 Å². The summed E-state index contributed by atoms with van der Waals surface area (Å²) in [4.78, 5) is 31.3. The van der Waals surface area contributed by atoms with Crippen LogP contribution in [0.1, 0.15) is 37.7 Å². The molecule has 0 bridgehead atoms. The number of methoxy groups -OCH3 is 1. The second-order valence-electron chi connectivity index (χ2n) is 9.35. The second kappa shape index (κ2) is 9.55. The number of fused-ring (bicyclic) bond motifs is 1. The maximum atomic E-state index is 13.1. The Hall–Kier alpha value is -2.87. The molecule has 0 spiro atoms. The standard InChI is InChI=1S/C25H34N6O2/c1-28-17-23(32)31(20-6-8-21(33-2)9-7-20)16-22-24(28)26-18-27-25(22)30-14-10-19(11-15-30)29-12-4-3-5-13-29/h6-9,18-19H,3-5,10-17H2,1-2H3. The molecule has 4 heterocycles. The number of aromatic nitrogens is 2. The van der Waals surface area contributed by atoms with E-state index in [2.05, 4.69) is 14.8 Å². The number of anilines is 3. The van der Waals surface area contributed by atoms with Crippen molar-refractivity contribution in [3.05, 3.63) is 36.2 Å². The van der Waals surface area contributed by atoms with Crippen LogP contribution in [0.5, 0.6) is 5.75 Å². The van der Waals surface area contributed by atoms with Crippen molar-refractivity contribution >= 4 is 23.2 Å². The molecule has 8 heteroatoms. The third-order valence-corrected chi connectivity index (χ3v) is 7.31. The van der Waals surface area contributed by atoms with Gasteiger partial charge < -0.3 is 24.3 Å². The lowest BCUT2D eigenvalue weighted by atomic mass is 9.99. The first kappa shape index (κ1) is 21.9. The number of ether oxygens (including phenoxy) is 1. The van der Waals surface area contributed by atoms with Crippen molar-refractivity contribution in [2.24, 2.45) is 0 Å². The Balaban J connectivity index is 1.39. The number of amides is 1. The number of piperidine rings is 2. The fraction of sp³-hybridized carbons (Fsp3) is 0.560. The minimum atomic E-state index is 0.0513. The number of likely N-dealkylation sites (tertiary alicyclic amines) is 1. The van der Waals surface area contributed by atoms with E-state index in [4.69, 9.17) is 9.72 Å². The van der Waals surface area contributed by atoms with Gasteiger partial charge in [-0.15, -0.1) is 0 Å². The molecule has 0 N–H and O–H groups in total. The van der Waals surface area contributed by atoms with Crippen LogP contribution in [0, 0.1) is 0 Å². The van der Waals surface area contributed by atoms with E-state index in [0.29, 0.717) is 12.6 Å². The lowest BCUT2D eigenvalue weighted by Crippen LogP contribution is -2.47. The van der Waals surface area contributed by atoms with Gasteiger partial charge in [-0.05, 0) is 63.0 Å². The highest BCUT2D eigenvalue weighted by molar-refractivity contribution is 5.98. The largest absolute Gasteiger partial charge is 0.497 e. The molecule has 1 amide bonds. The van der Waals surface area contributed by atoms with Crippen LogP contribution in [-0.2, 0) is 11.3 Å². The summed E-state index contributed by atoms with van der Waals surface area (Å²) in [6.07, 6.45) is 8.02. The quantitative estimate of drug-likeness (QED) is 0.710. The molecule has 1 aromatic heterocycles. The van der Waals surface area contributed by atoms with Gasteiger partial charge in [0.05, 0.1) is 25.8 Å². The predicted molar refractivity (Wildman–Crippen MR) is 130 cm³/mol. The fourth-order valence-corrected chi connectivity index (χ4v) is 5.47. The Labute approximate surface area is 196 Å². The third-order valence-electron chi connectivity index (χ3n) is 7.31. The van der Waals surface area contributed by atoms with Gasteiger partial charge in [-0.3, -0.25) is 4.79 Å². The zero-order chi connectivity index (χ0) is 22.8. The highest BCUT2D eigenvalue weighted by Gasteiger charge is 2.32. The molecular weight excluding hydrogens is 416 g/mol. The van der Waals surface area contributed by atoms with Crippen LogP contribution in [0.3, 0.4) is 0 Å². The van der Waals surface area contributed by atoms with Crippen molar-refractivity contribution in [1.82, 2.24) is 14.9 Å². The molecule has 0 saturated carbocycles. The Bertz CT molecular complexity index is 967. The molecule has 8 nitrogen and oxygen atoms in total. The Morgan fingerprint density at radius 1 is 0.909 bits per heavy atom. The minimum Gasteiger partial charge on any atom is -0.497 e. The minimum absolute atomic E-state index is 0.0513. The molecule has 0 aliphatic carbocycles. The van der Waals surface area contributed by atoms with Gasteiger partial charge in [0.15, 0.2) is 0 Å². The summed E-state index contributed by atoms with van der Waals surface area (Å²) in [6, 6.07) is 8.35. The summed E-state index contributed by atoms with van der Waals surface area (Å²) in [5.41, 5.74) is 1.89. The fourth-order valence-electron chi connectivity index (χ4n) is 5.47. The van der Waals surface area contributed by atoms with Crippen molar-refractivity contribution in [1.29, 1.82) is 0 Å². The van der Waals surface area contributed by atoms with Gasteiger partial charge in [-0.25, -0.2) is 9.97 Å². The van der Waals surface area contributed by atoms with E-state index in [1.54, 1.807) is 13.4 Å². The van der Waals surface area contributed by atoms with Gasteiger partial charge >= 0.3 is 0 Å². The van der Waals surface area contributed by atoms with Gasteiger partial charge in [0.2, 0.25) is 5.91 Å². The molecule has 5 rings (SSSR count). The van der Waals surface area contributed by atoms with E-state index in [0.717, 1.165) is 54.6 Å².